The van der Waals surface area contributed by atoms with E-state index in [0.29, 0.717) is 35.1 Å². The molecule has 3 aliphatic heterocycles. The molecular formula is C29H30ClN3O7S. The molecule has 2 saturated heterocycles. The summed E-state index contributed by atoms with van der Waals surface area (Å²) in [5.41, 5.74) is 1.19. The Hall–Kier alpha value is -3.38. The van der Waals surface area contributed by atoms with Gasteiger partial charge in [-0.1, -0.05) is 42.8 Å². The lowest BCUT2D eigenvalue weighted by Crippen LogP contribution is -2.63. The van der Waals surface area contributed by atoms with Gasteiger partial charge >= 0.3 is 11.9 Å². The third-order valence-corrected chi connectivity index (χ3v) is 9.84. The third kappa shape index (κ3) is 5.46. The second-order valence-electron chi connectivity index (χ2n) is 10.7. The standard InChI is InChI=1S/C29H30ClN3O7S/c1-14-23-22(15(2)34)27(36)33(23)24(29(39)40)25(14)41-19-11-21(32(13-19)12-17-6-3-4-9-20(17)30)26(35)31-18-8-5-7-16(10-18)28(37)38/h3-10,14-15,19,21-23,34H,11-13H2,1-2H3,(H,31,35)(H,37,38)(H,39,40)/t14-,15-,19+,21+,22-,23-/m1/s1. The SMILES string of the molecule is C[C@@H](O)[C@H]1C(=O)N2C(C(=O)O)=C(S[C@H]3C[C@@H](C(=O)Nc4cccc(C(=O)O)c4)N(Cc4ccccc4Cl)C3)[C@H](C)[C@H]12. The molecule has 3 aliphatic rings. The quantitative estimate of drug-likeness (QED) is 0.318. The van der Waals surface area contributed by atoms with Crippen LogP contribution in [0.15, 0.2) is 59.1 Å². The third-order valence-electron chi connectivity index (χ3n) is 7.98. The van der Waals surface area contributed by atoms with Gasteiger partial charge in [-0.3, -0.25) is 14.5 Å². The number of β-lactam (4-membered cyclic amide) rings is 1. The Morgan fingerprint density at radius 1 is 1.12 bits per heavy atom. The van der Waals surface area contributed by atoms with Gasteiger partial charge in [-0.25, -0.2) is 9.59 Å². The zero-order chi connectivity index (χ0) is 29.6. The molecule has 216 valence electrons. The van der Waals surface area contributed by atoms with Gasteiger partial charge in [0.25, 0.3) is 0 Å². The number of aromatic carboxylic acids is 1. The molecule has 0 radical (unpaired) electrons. The molecule has 41 heavy (non-hydrogen) atoms. The first-order valence-corrected chi connectivity index (χ1v) is 14.5. The Labute approximate surface area is 246 Å². The van der Waals surface area contributed by atoms with E-state index in [1.165, 1.54) is 35.7 Å². The van der Waals surface area contributed by atoms with Crippen molar-refractivity contribution in [3.8, 4) is 0 Å². The number of nitrogens with zero attached hydrogens (tertiary/aromatic N) is 2. The normalized spacial score (nSPS) is 26.5. The minimum Gasteiger partial charge on any atom is -0.478 e. The van der Waals surface area contributed by atoms with Gasteiger partial charge in [0, 0.05) is 39.9 Å². The van der Waals surface area contributed by atoms with Crippen LogP contribution in [0.2, 0.25) is 5.02 Å². The first kappa shape index (κ1) is 29.1. The Balaban J connectivity index is 1.40. The van der Waals surface area contributed by atoms with Crippen LogP contribution < -0.4 is 5.32 Å². The lowest BCUT2D eigenvalue weighted by atomic mass is 9.79. The lowest BCUT2D eigenvalue weighted by Gasteiger charge is -2.46. The molecule has 2 aromatic rings. The number of amides is 2. The van der Waals surface area contributed by atoms with Crippen molar-refractivity contribution in [2.45, 2.75) is 50.3 Å². The van der Waals surface area contributed by atoms with Crippen LogP contribution in [-0.4, -0.2) is 78.9 Å². The molecule has 0 aromatic heterocycles. The van der Waals surface area contributed by atoms with Crippen molar-refractivity contribution in [3.63, 3.8) is 0 Å². The molecule has 0 spiro atoms. The molecule has 6 atom stereocenters. The highest BCUT2D eigenvalue weighted by Gasteiger charge is 2.60. The summed E-state index contributed by atoms with van der Waals surface area (Å²) in [6.07, 6.45) is -0.503. The summed E-state index contributed by atoms with van der Waals surface area (Å²) in [6.45, 7) is 4.23. The van der Waals surface area contributed by atoms with Crippen LogP contribution >= 0.6 is 23.4 Å². The fourth-order valence-electron chi connectivity index (χ4n) is 6.05. The summed E-state index contributed by atoms with van der Waals surface area (Å²) in [5.74, 6) is -3.95. The summed E-state index contributed by atoms with van der Waals surface area (Å²) < 4.78 is 0. The zero-order valence-electron chi connectivity index (χ0n) is 22.4. The van der Waals surface area contributed by atoms with Gasteiger partial charge < -0.3 is 25.5 Å². The molecule has 3 heterocycles. The number of nitrogens with one attached hydrogen (secondary N) is 1. The van der Waals surface area contributed by atoms with E-state index in [2.05, 4.69) is 5.32 Å². The summed E-state index contributed by atoms with van der Waals surface area (Å²) in [6, 6.07) is 12.3. The van der Waals surface area contributed by atoms with Gasteiger partial charge in [-0.2, -0.15) is 0 Å². The van der Waals surface area contributed by atoms with Crippen molar-refractivity contribution in [1.29, 1.82) is 0 Å². The predicted molar refractivity (Wildman–Crippen MR) is 153 cm³/mol. The van der Waals surface area contributed by atoms with Gasteiger partial charge in [0.15, 0.2) is 0 Å². The number of carboxylic acid groups (broad SMARTS) is 2. The number of thioether (sulfide) groups is 1. The van der Waals surface area contributed by atoms with Crippen LogP contribution in [0.3, 0.4) is 0 Å². The van der Waals surface area contributed by atoms with Gasteiger partial charge in [0.2, 0.25) is 11.8 Å². The van der Waals surface area contributed by atoms with E-state index in [9.17, 15) is 34.5 Å². The smallest absolute Gasteiger partial charge is 0.353 e. The summed E-state index contributed by atoms with van der Waals surface area (Å²) in [4.78, 5) is 53.8. The number of aliphatic hydroxyl groups is 1. The topological polar surface area (TPSA) is 147 Å². The number of aliphatic hydroxyl groups excluding tert-OH is 1. The van der Waals surface area contributed by atoms with Gasteiger partial charge in [-0.15, -0.1) is 11.8 Å². The van der Waals surface area contributed by atoms with Crippen molar-refractivity contribution in [2.75, 3.05) is 11.9 Å². The van der Waals surface area contributed by atoms with E-state index >= 15 is 0 Å². The molecular weight excluding hydrogens is 570 g/mol. The molecule has 12 heteroatoms. The van der Waals surface area contributed by atoms with Crippen LogP contribution in [0, 0.1) is 11.8 Å². The van der Waals surface area contributed by atoms with E-state index in [1.54, 1.807) is 18.2 Å². The van der Waals surface area contributed by atoms with Gasteiger partial charge in [0.05, 0.1) is 29.7 Å². The molecule has 2 aromatic carbocycles. The van der Waals surface area contributed by atoms with Crippen molar-refractivity contribution in [2.24, 2.45) is 11.8 Å². The predicted octanol–water partition coefficient (Wildman–Crippen LogP) is 3.51. The number of hydrogen-bond donors (Lipinski definition) is 4. The van der Waals surface area contributed by atoms with Crippen molar-refractivity contribution in [3.05, 3.63) is 75.3 Å². The maximum Gasteiger partial charge on any atom is 0.353 e. The molecule has 10 nitrogen and oxygen atoms in total. The Morgan fingerprint density at radius 2 is 1.85 bits per heavy atom. The second-order valence-corrected chi connectivity index (χ2v) is 12.4. The molecule has 4 N–H and O–H groups in total. The van der Waals surface area contributed by atoms with Crippen LogP contribution in [0.1, 0.15) is 36.2 Å². The van der Waals surface area contributed by atoms with Gasteiger partial charge in [-0.05, 0) is 43.2 Å². The number of carbonyl (C=O) groups excluding carboxylic acids is 2. The molecule has 0 bridgehead atoms. The number of carbonyl (C=O) groups is 4. The number of benzene rings is 2. The molecule has 2 amide bonds. The number of aliphatic carboxylic acids is 1. The number of halogens is 1. The first-order valence-electron chi connectivity index (χ1n) is 13.2. The number of fused-ring (bicyclic) bond motifs is 1. The summed E-state index contributed by atoms with van der Waals surface area (Å²) in [5, 5.41) is 32.7. The number of likely N-dealkylation sites (tertiary alicyclic amines) is 1. The molecule has 0 unspecified atom stereocenters. The maximum atomic E-state index is 13.5. The average Bonchev–Trinajstić information content (AvgIpc) is 3.42. The number of rotatable bonds is 9. The first-order chi connectivity index (χ1) is 19.5. The summed E-state index contributed by atoms with van der Waals surface area (Å²) >= 11 is 7.79. The van der Waals surface area contributed by atoms with E-state index in [0.717, 1.165) is 5.56 Å². The molecule has 0 aliphatic carbocycles. The zero-order valence-corrected chi connectivity index (χ0v) is 23.9. The molecule has 0 saturated carbocycles. The van der Waals surface area contributed by atoms with Crippen molar-refractivity contribution in [1.82, 2.24) is 9.80 Å². The van der Waals surface area contributed by atoms with Gasteiger partial charge in [0.1, 0.15) is 5.70 Å². The number of carboxylic acids is 2. The Bertz CT molecular complexity index is 1450. The Morgan fingerprint density at radius 3 is 2.51 bits per heavy atom. The number of anilines is 1. The number of hydrogen-bond acceptors (Lipinski definition) is 7. The van der Waals surface area contributed by atoms with E-state index in [1.807, 2.05) is 30.0 Å². The van der Waals surface area contributed by atoms with Crippen LogP contribution in [0.25, 0.3) is 0 Å². The van der Waals surface area contributed by atoms with Crippen LogP contribution in [0.4, 0.5) is 5.69 Å². The molecule has 2 fully saturated rings. The highest BCUT2D eigenvalue weighted by Crippen LogP contribution is 2.52. The average molecular weight is 600 g/mol. The Kier molecular flexibility index (Phi) is 8.15. The van der Waals surface area contributed by atoms with Crippen LogP contribution in [0.5, 0.6) is 0 Å². The largest absolute Gasteiger partial charge is 0.478 e. The molecule has 5 rings (SSSR count). The van der Waals surface area contributed by atoms with Crippen molar-refractivity contribution < 1.29 is 34.5 Å². The minimum absolute atomic E-state index is 0.0496. The summed E-state index contributed by atoms with van der Waals surface area (Å²) in [7, 11) is 0. The highest BCUT2D eigenvalue weighted by molar-refractivity contribution is 8.03. The van der Waals surface area contributed by atoms with E-state index in [4.69, 9.17) is 11.6 Å². The second kappa shape index (κ2) is 11.5. The monoisotopic (exact) mass is 599 g/mol. The fraction of sp³-hybridized carbons (Fsp3) is 0.379. The highest BCUT2D eigenvalue weighted by atomic mass is 35.5. The lowest BCUT2D eigenvalue weighted by molar-refractivity contribution is -0.163. The fourth-order valence-corrected chi connectivity index (χ4v) is 7.80. The van der Waals surface area contributed by atoms with E-state index < -0.39 is 42.0 Å². The van der Waals surface area contributed by atoms with E-state index in [-0.39, 0.29) is 28.3 Å². The van der Waals surface area contributed by atoms with Crippen LogP contribution in [-0.2, 0) is 20.9 Å². The minimum atomic E-state index is -1.20. The maximum absolute atomic E-state index is 13.5. The van der Waals surface area contributed by atoms with Crippen molar-refractivity contribution >= 4 is 52.8 Å².